The summed E-state index contributed by atoms with van der Waals surface area (Å²) >= 11 is 6.47. The lowest BCUT2D eigenvalue weighted by Gasteiger charge is -2.39. The van der Waals surface area contributed by atoms with Gasteiger partial charge in [-0.25, -0.2) is 22.9 Å². The zero-order valence-corrected chi connectivity index (χ0v) is 22.0. The highest BCUT2D eigenvalue weighted by Gasteiger charge is 2.48. The summed E-state index contributed by atoms with van der Waals surface area (Å²) in [4.78, 5) is 47.2. The van der Waals surface area contributed by atoms with Gasteiger partial charge in [0.2, 0.25) is 5.91 Å². The Bertz CT molecular complexity index is 1560. The molecule has 1 saturated carbocycles. The molecular weight excluding hydrogens is 561 g/mol. The lowest BCUT2D eigenvalue weighted by molar-refractivity contribution is -0.132. The van der Waals surface area contributed by atoms with Gasteiger partial charge in [-0.2, -0.15) is 5.26 Å². The van der Waals surface area contributed by atoms with E-state index in [0.29, 0.717) is 0 Å². The van der Waals surface area contributed by atoms with Crippen LogP contribution in [0.4, 0.5) is 29.5 Å². The third kappa shape index (κ3) is 5.67. The molecule has 210 valence electrons. The largest absolute Gasteiger partial charge is 0.351 e. The molecule has 2 aliphatic rings. The molecule has 3 aromatic rings. The number of carbonyl (C=O) groups excluding carboxylic acids is 3. The average Bonchev–Trinajstić information content (AvgIpc) is 3.32. The highest BCUT2D eigenvalue weighted by Crippen LogP contribution is 2.39. The number of anilines is 2. The molecule has 1 unspecified atom stereocenters. The summed E-state index contributed by atoms with van der Waals surface area (Å²) in [5.41, 5.74) is 0.310. The van der Waals surface area contributed by atoms with Crippen molar-refractivity contribution < 1.29 is 27.6 Å². The molecule has 1 saturated heterocycles. The minimum atomic E-state index is -2.92. The third-order valence-corrected chi connectivity index (χ3v) is 7.19. The number of pyridine rings is 1. The van der Waals surface area contributed by atoms with Crippen LogP contribution in [0, 0.1) is 17.1 Å². The van der Waals surface area contributed by atoms with Crippen molar-refractivity contribution in [1.82, 2.24) is 15.6 Å². The van der Waals surface area contributed by atoms with Gasteiger partial charge < -0.3 is 10.6 Å². The SMILES string of the molecule is N#Cc1ccnc(N2C(=O)NCC2C(=O)N(c2cccc(F)c2)[C@H](C(=O)NC2CC(F)(F)C2)c2ccccc2Cl)c1. The molecule has 5 rings (SSSR count). The fourth-order valence-electron chi connectivity index (χ4n) is 4.91. The van der Waals surface area contributed by atoms with Gasteiger partial charge in [-0.05, 0) is 36.4 Å². The Morgan fingerprint density at radius 1 is 1.17 bits per heavy atom. The molecule has 9 nitrogen and oxygen atoms in total. The summed E-state index contributed by atoms with van der Waals surface area (Å²) in [5, 5.41) is 14.5. The Kier molecular flexibility index (Phi) is 7.55. The Morgan fingerprint density at radius 2 is 1.93 bits per heavy atom. The number of carbonyl (C=O) groups is 3. The number of hydrogen-bond acceptors (Lipinski definition) is 5. The maximum Gasteiger partial charge on any atom is 0.323 e. The van der Waals surface area contributed by atoms with E-state index in [1.807, 2.05) is 6.07 Å². The number of alkyl halides is 2. The molecule has 1 aliphatic heterocycles. The van der Waals surface area contributed by atoms with E-state index in [2.05, 4.69) is 15.6 Å². The summed E-state index contributed by atoms with van der Waals surface area (Å²) in [6, 6.07) is 11.5. The van der Waals surface area contributed by atoms with Crippen LogP contribution >= 0.6 is 11.6 Å². The van der Waals surface area contributed by atoms with Crippen molar-refractivity contribution >= 4 is 41.0 Å². The molecule has 0 radical (unpaired) electrons. The van der Waals surface area contributed by atoms with E-state index >= 15 is 0 Å². The smallest absolute Gasteiger partial charge is 0.323 e. The van der Waals surface area contributed by atoms with Crippen LogP contribution < -0.4 is 20.4 Å². The Morgan fingerprint density at radius 3 is 2.61 bits per heavy atom. The average molecular weight is 583 g/mol. The summed E-state index contributed by atoms with van der Waals surface area (Å²) < 4.78 is 41.6. The molecule has 4 amide bonds. The van der Waals surface area contributed by atoms with E-state index < -0.39 is 60.6 Å². The zero-order chi connectivity index (χ0) is 29.3. The minimum Gasteiger partial charge on any atom is -0.351 e. The number of aromatic nitrogens is 1. The van der Waals surface area contributed by atoms with E-state index in [4.69, 9.17) is 11.6 Å². The molecule has 2 heterocycles. The Labute approximate surface area is 237 Å². The van der Waals surface area contributed by atoms with Crippen molar-refractivity contribution in [3.05, 3.63) is 88.8 Å². The van der Waals surface area contributed by atoms with Gasteiger partial charge in [-0.1, -0.05) is 35.9 Å². The second-order valence-corrected chi connectivity index (χ2v) is 10.1. The molecule has 2 fully saturated rings. The number of nitriles is 1. The molecule has 0 bridgehead atoms. The topological polar surface area (TPSA) is 118 Å². The van der Waals surface area contributed by atoms with Crippen LogP contribution in [0.15, 0.2) is 66.9 Å². The second kappa shape index (κ2) is 11.1. The van der Waals surface area contributed by atoms with Crippen molar-refractivity contribution in [3.8, 4) is 6.07 Å². The van der Waals surface area contributed by atoms with Crippen molar-refractivity contribution in [2.24, 2.45) is 0 Å². The van der Waals surface area contributed by atoms with Crippen LogP contribution in [0.3, 0.4) is 0 Å². The lowest BCUT2D eigenvalue weighted by Crippen LogP contribution is -2.56. The van der Waals surface area contributed by atoms with Crippen LogP contribution in [0.5, 0.6) is 0 Å². The fourth-order valence-corrected chi connectivity index (χ4v) is 5.15. The van der Waals surface area contributed by atoms with Crippen molar-refractivity contribution in [2.45, 2.75) is 36.9 Å². The van der Waals surface area contributed by atoms with Gasteiger partial charge in [0.15, 0.2) is 0 Å². The van der Waals surface area contributed by atoms with Gasteiger partial charge in [-0.15, -0.1) is 0 Å². The number of halogens is 4. The lowest BCUT2D eigenvalue weighted by atomic mass is 9.87. The van der Waals surface area contributed by atoms with E-state index in [-0.39, 0.29) is 34.2 Å². The maximum absolute atomic E-state index is 14.5. The van der Waals surface area contributed by atoms with E-state index in [1.54, 1.807) is 12.1 Å². The van der Waals surface area contributed by atoms with Crippen LogP contribution in [-0.4, -0.2) is 47.4 Å². The molecular formula is C28H22ClF3N6O3. The molecule has 1 aliphatic carbocycles. The van der Waals surface area contributed by atoms with E-state index in [9.17, 15) is 32.8 Å². The molecule has 0 spiro atoms. The second-order valence-electron chi connectivity index (χ2n) is 9.67. The predicted molar refractivity (Wildman–Crippen MR) is 143 cm³/mol. The Hall–Kier alpha value is -4.63. The zero-order valence-electron chi connectivity index (χ0n) is 21.2. The van der Waals surface area contributed by atoms with E-state index in [1.165, 1.54) is 42.6 Å². The van der Waals surface area contributed by atoms with Gasteiger partial charge in [-0.3, -0.25) is 19.4 Å². The first kappa shape index (κ1) is 27.9. The molecule has 13 heteroatoms. The number of amides is 4. The quantitative estimate of drug-likeness (QED) is 0.430. The van der Waals surface area contributed by atoms with Gasteiger partial charge in [0.25, 0.3) is 11.8 Å². The first-order valence-corrected chi connectivity index (χ1v) is 12.9. The summed E-state index contributed by atoms with van der Waals surface area (Å²) in [5.74, 6) is -5.25. The van der Waals surface area contributed by atoms with Gasteiger partial charge in [0, 0.05) is 47.9 Å². The number of nitrogens with one attached hydrogen (secondary N) is 2. The fraction of sp³-hybridized carbons (Fsp3) is 0.250. The molecule has 2 atom stereocenters. The summed E-state index contributed by atoms with van der Waals surface area (Å²) in [7, 11) is 0. The first-order valence-electron chi connectivity index (χ1n) is 12.5. The van der Waals surface area contributed by atoms with Gasteiger partial charge >= 0.3 is 6.03 Å². The normalized spacial score (nSPS) is 18.6. The van der Waals surface area contributed by atoms with Gasteiger partial charge in [0.1, 0.15) is 23.7 Å². The molecule has 1 aromatic heterocycles. The van der Waals surface area contributed by atoms with E-state index in [0.717, 1.165) is 21.9 Å². The van der Waals surface area contributed by atoms with Crippen LogP contribution in [-0.2, 0) is 9.59 Å². The number of hydrogen-bond donors (Lipinski definition) is 2. The Balaban J connectivity index is 1.61. The summed E-state index contributed by atoms with van der Waals surface area (Å²) in [6.45, 7) is -0.201. The molecule has 2 aromatic carbocycles. The molecule has 2 N–H and O–H groups in total. The highest BCUT2D eigenvalue weighted by atomic mass is 35.5. The molecule has 41 heavy (non-hydrogen) atoms. The van der Waals surface area contributed by atoms with Crippen LogP contribution in [0.2, 0.25) is 5.02 Å². The maximum atomic E-state index is 14.5. The third-order valence-electron chi connectivity index (χ3n) is 6.85. The van der Waals surface area contributed by atoms with Crippen LogP contribution in [0.25, 0.3) is 0 Å². The number of urea groups is 1. The first-order chi connectivity index (χ1) is 19.6. The van der Waals surface area contributed by atoms with Gasteiger partial charge in [0.05, 0.1) is 11.6 Å². The predicted octanol–water partition coefficient (Wildman–Crippen LogP) is 4.33. The number of rotatable bonds is 7. The standard InChI is InChI=1S/C28H22ClF3N6O3/c29-21-7-2-1-6-20(21)24(25(39)36-18-12-28(31,32)13-18)37(19-5-3-4-17(30)11-19)26(40)22-15-35-27(41)38(22)23-10-16(14-33)8-9-34-23/h1-11,18,22,24H,12-13,15H2,(H,35,41)(H,36,39)/t22?,24-/m0/s1. The van der Waals surface area contributed by atoms with Crippen molar-refractivity contribution in [2.75, 3.05) is 16.3 Å². The monoisotopic (exact) mass is 582 g/mol. The number of nitrogens with zero attached hydrogens (tertiary/aromatic N) is 4. The highest BCUT2D eigenvalue weighted by molar-refractivity contribution is 6.31. The van der Waals surface area contributed by atoms with Crippen molar-refractivity contribution in [3.63, 3.8) is 0 Å². The minimum absolute atomic E-state index is 0.00652. The van der Waals surface area contributed by atoms with Crippen molar-refractivity contribution in [1.29, 1.82) is 5.26 Å². The van der Waals surface area contributed by atoms with Crippen LogP contribution in [0.1, 0.15) is 30.0 Å². The number of benzene rings is 2. The summed E-state index contributed by atoms with van der Waals surface area (Å²) in [6.07, 6.45) is 0.162.